The molecule has 0 saturated heterocycles. The van der Waals surface area contributed by atoms with Crippen LogP contribution in [0.15, 0.2) is 76.7 Å². The number of hydrogen-bond donors (Lipinski definition) is 1. The molecule has 3 aromatic carbocycles. The average Bonchev–Trinajstić information content (AvgIpc) is 3.35. The van der Waals surface area contributed by atoms with Crippen LogP contribution in [0.25, 0.3) is 16.6 Å². The van der Waals surface area contributed by atoms with Gasteiger partial charge in [-0.25, -0.2) is 9.37 Å². The second-order valence-corrected chi connectivity index (χ2v) is 10.00. The second kappa shape index (κ2) is 10.2. The van der Waals surface area contributed by atoms with Crippen LogP contribution in [0.4, 0.5) is 4.39 Å². The molecule has 35 heavy (non-hydrogen) atoms. The number of amides is 1. The van der Waals surface area contributed by atoms with Crippen molar-refractivity contribution in [1.82, 2.24) is 14.9 Å². The lowest BCUT2D eigenvalue weighted by molar-refractivity contribution is 0.0938. The maximum atomic E-state index is 14.0. The number of rotatable bonds is 6. The van der Waals surface area contributed by atoms with Gasteiger partial charge in [0.25, 0.3) is 11.5 Å². The molecule has 1 aliphatic rings. The normalized spacial score (nSPS) is 13.9. The minimum absolute atomic E-state index is 0.164. The topological polar surface area (TPSA) is 64.0 Å². The summed E-state index contributed by atoms with van der Waals surface area (Å²) in [5, 5.41) is 4.46. The van der Waals surface area contributed by atoms with Crippen molar-refractivity contribution < 1.29 is 9.18 Å². The lowest BCUT2D eigenvalue weighted by atomic mass is 10.1. The van der Waals surface area contributed by atoms with Crippen LogP contribution in [0, 0.1) is 5.82 Å². The van der Waals surface area contributed by atoms with Gasteiger partial charge in [0.1, 0.15) is 5.82 Å². The summed E-state index contributed by atoms with van der Waals surface area (Å²) >= 11 is 7.47. The van der Waals surface area contributed by atoms with Crippen LogP contribution < -0.4 is 10.9 Å². The minimum Gasteiger partial charge on any atom is -0.349 e. The standard InChI is InChI=1S/C27H23ClFN3O2S/c28-19-6-3-5-17(13-19)16-35-27-31-24-14-18(25(33)30-21-8-1-2-9-21)11-12-23(24)26(34)32(27)22-10-4-7-20(29)15-22/h3-7,10-15,21H,1-2,8-9,16H2,(H,30,33). The fourth-order valence-corrected chi connectivity index (χ4v) is 5.53. The Labute approximate surface area is 211 Å². The first kappa shape index (κ1) is 23.6. The van der Waals surface area contributed by atoms with Crippen molar-refractivity contribution in [3.8, 4) is 5.69 Å². The van der Waals surface area contributed by atoms with Gasteiger partial charge in [-0.1, -0.05) is 54.4 Å². The summed E-state index contributed by atoms with van der Waals surface area (Å²) in [7, 11) is 0. The molecule has 1 aromatic heterocycles. The van der Waals surface area contributed by atoms with Crippen LogP contribution in [-0.2, 0) is 5.75 Å². The summed E-state index contributed by atoms with van der Waals surface area (Å²) < 4.78 is 15.4. The molecule has 8 heteroatoms. The molecule has 0 spiro atoms. The van der Waals surface area contributed by atoms with Crippen molar-refractivity contribution in [2.75, 3.05) is 0 Å². The Morgan fingerprint density at radius 2 is 1.89 bits per heavy atom. The molecule has 4 aromatic rings. The van der Waals surface area contributed by atoms with Crippen molar-refractivity contribution >= 4 is 40.2 Å². The van der Waals surface area contributed by atoms with Crippen LogP contribution in [0.5, 0.6) is 0 Å². The van der Waals surface area contributed by atoms with E-state index in [-0.39, 0.29) is 17.5 Å². The highest BCUT2D eigenvalue weighted by Gasteiger charge is 2.20. The molecule has 0 unspecified atom stereocenters. The second-order valence-electron chi connectivity index (χ2n) is 8.62. The zero-order valence-electron chi connectivity index (χ0n) is 18.8. The summed E-state index contributed by atoms with van der Waals surface area (Å²) in [4.78, 5) is 31.1. The Bertz CT molecular complexity index is 1470. The molecule has 1 N–H and O–H groups in total. The van der Waals surface area contributed by atoms with Gasteiger partial charge in [-0.2, -0.15) is 0 Å². The van der Waals surface area contributed by atoms with Crippen molar-refractivity contribution in [2.45, 2.75) is 42.6 Å². The Hall–Kier alpha value is -3.16. The van der Waals surface area contributed by atoms with Gasteiger partial charge in [-0.15, -0.1) is 0 Å². The first-order chi connectivity index (χ1) is 17.0. The third-order valence-electron chi connectivity index (χ3n) is 6.11. The van der Waals surface area contributed by atoms with Gasteiger partial charge in [-0.3, -0.25) is 14.2 Å². The van der Waals surface area contributed by atoms with E-state index in [1.54, 1.807) is 36.4 Å². The molecule has 178 valence electrons. The lowest BCUT2D eigenvalue weighted by Gasteiger charge is -2.15. The molecule has 1 amide bonds. The highest BCUT2D eigenvalue weighted by Crippen LogP contribution is 2.26. The summed E-state index contributed by atoms with van der Waals surface area (Å²) in [6.07, 6.45) is 4.22. The highest BCUT2D eigenvalue weighted by molar-refractivity contribution is 7.98. The maximum Gasteiger partial charge on any atom is 0.266 e. The number of fused-ring (bicyclic) bond motifs is 1. The van der Waals surface area contributed by atoms with E-state index < -0.39 is 5.82 Å². The number of halogens is 2. The highest BCUT2D eigenvalue weighted by atomic mass is 35.5. The number of carbonyl (C=O) groups is 1. The summed E-state index contributed by atoms with van der Waals surface area (Å²) in [6.45, 7) is 0. The van der Waals surface area contributed by atoms with Crippen molar-refractivity contribution in [3.63, 3.8) is 0 Å². The van der Waals surface area contributed by atoms with Crippen molar-refractivity contribution in [2.24, 2.45) is 0 Å². The van der Waals surface area contributed by atoms with Gasteiger partial charge < -0.3 is 5.32 Å². The molecule has 1 aliphatic carbocycles. The summed E-state index contributed by atoms with van der Waals surface area (Å²) in [5.74, 6) is -0.0994. The number of thioether (sulfide) groups is 1. The van der Waals surface area contributed by atoms with E-state index >= 15 is 0 Å². The number of nitrogens with one attached hydrogen (secondary N) is 1. The smallest absolute Gasteiger partial charge is 0.266 e. The molecular weight excluding hydrogens is 485 g/mol. The molecule has 1 fully saturated rings. The Morgan fingerprint density at radius 1 is 1.09 bits per heavy atom. The molecular formula is C27H23ClFN3O2S. The Morgan fingerprint density at radius 3 is 2.66 bits per heavy atom. The molecule has 0 radical (unpaired) electrons. The van der Waals surface area contributed by atoms with Gasteiger partial charge >= 0.3 is 0 Å². The van der Waals surface area contributed by atoms with E-state index in [1.165, 1.54) is 28.5 Å². The SMILES string of the molecule is O=C(NC1CCCC1)c1ccc2c(=O)n(-c3cccc(F)c3)c(SCc3cccc(Cl)c3)nc2c1. The van der Waals surface area contributed by atoms with E-state index in [0.717, 1.165) is 31.2 Å². The predicted molar refractivity (Wildman–Crippen MR) is 138 cm³/mol. The molecule has 0 aliphatic heterocycles. The number of benzene rings is 3. The third-order valence-corrected chi connectivity index (χ3v) is 7.36. The monoisotopic (exact) mass is 507 g/mol. The van der Waals surface area contributed by atoms with Crippen LogP contribution in [-0.4, -0.2) is 21.5 Å². The van der Waals surface area contributed by atoms with E-state index in [1.807, 2.05) is 18.2 Å². The van der Waals surface area contributed by atoms with E-state index in [0.29, 0.717) is 38.1 Å². The number of hydrogen-bond acceptors (Lipinski definition) is 4. The van der Waals surface area contributed by atoms with Crippen LogP contribution >= 0.6 is 23.4 Å². The van der Waals surface area contributed by atoms with Gasteiger partial charge in [0.05, 0.1) is 16.6 Å². The first-order valence-electron chi connectivity index (χ1n) is 11.5. The summed E-state index contributed by atoms with van der Waals surface area (Å²) in [5.41, 5.74) is 1.92. The molecule has 1 saturated carbocycles. The van der Waals surface area contributed by atoms with Crippen molar-refractivity contribution in [1.29, 1.82) is 0 Å². The van der Waals surface area contributed by atoms with Crippen LogP contribution in [0.1, 0.15) is 41.6 Å². The number of carbonyl (C=O) groups excluding carboxylic acids is 1. The quantitative estimate of drug-likeness (QED) is 0.251. The molecule has 5 nitrogen and oxygen atoms in total. The van der Waals surface area contributed by atoms with Gasteiger partial charge in [0.15, 0.2) is 5.16 Å². The largest absolute Gasteiger partial charge is 0.349 e. The number of aromatic nitrogens is 2. The molecule has 0 atom stereocenters. The molecule has 0 bridgehead atoms. The van der Waals surface area contributed by atoms with Crippen LogP contribution in [0.2, 0.25) is 5.02 Å². The van der Waals surface area contributed by atoms with Gasteiger partial charge in [-0.05, 0) is 66.9 Å². The lowest BCUT2D eigenvalue weighted by Crippen LogP contribution is -2.32. The third kappa shape index (κ3) is 5.26. The fraction of sp³-hybridized carbons (Fsp3) is 0.222. The average molecular weight is 508 g/mol. The van der Waals surface area contributed by atoms with E-state index in [9.17, 15) is 14.0 Å². The van der Waals surface area contributed by atoms with E-state index in [4.69, 9.17) is 16.6 Å². The Kier molecular flexibility index (Phi) is 6.88. The van der Waals surface area contributed by atoms with Gasteiger partial charge in [0.2, 0.25) is 0 Å². The predicted octanol–water partition coefficient (Wildman–Crippen LogP) is 6.14. The van der Waals surface area contributed by atoms with Gasteiger partial charge in [0, 0.05) is 22.4 Å². The maximum absolute atomic E-state index is 14.0. The zero-order valence-corrected chi connectivity index (χ0v) is 20.4. The minimum atomic E-state index is -0.445. The van der Waals surface area contributed by atoms with E-state index in [2.05, 4.69) is 5.32 Å². The number of nitrogens with zero attached hydrogens (tertiary/aromatic N) is 2. The zero-order chi connectivity index (χ0) is 24.4. The van der Waals surface area contributed by atoms with Crippen molar-refractivity contribution in [3.05, 3.63) is 99.1 Å². The Balaban J connectivity index is 1.56. The first-order valence-corrected chi connectivity index (χ1v) is 12.9. The molecule has 1 heterocycles. The molecule has 5 rings (SSSR count). The van der Waals surface area contributed by atoms with Crippen LogP contribution in [0.3, 0.4) is 0 Å². The summed E-state index contributed by atoms with van der Waals surface area (Å²) in [6, 6.07) is 18.4. The fourth-order valence-electron chi connectivity index (χ4n) is 4.36.